The Kier molecular flexibility index (Phi) is 6.34. The Morgan fingerprint density at radius 3 is 2.65 bits per heavy atom. The highest BCUT2D eigenvalue weighted by Gasteiger charge is 2.22. The number of nitrogens with two attached hydrogens (primary N) is 1. The quantitative estimate of drug-likeness (QED) is 0.701. The number of halogens is 2. The van der Waals surface area contributed by atoms with Crippen molar-refractivity contribution in [3.8, 4) is 0 Å². The van der Waals surface area contributed by atoms with E-state index in [4.69, 9.17) is 15.2 Å². The normalized spacial score (nSPS) is 13.4. The third-order valence-corrected chi connectivity index (χ3v) is 4.65. The van der Waals surface area contributed by atoms with Crippen molar-refractivity contribution in [2.75, 3.05) is 33.1 Å². The molecule has 0 fully saturated rings. The smallest absolute Gasteiger partial charge is 0.243 e. The number of methoxy groups -OCH3 is 2. The number of rotatable bonds is 7. The Bertz CT molecular complexity index is 568. The molecular weight excluding hydrogens is 355 g/mol. The first-order valence-electron chi connectivity index (χ1n) is 5.57. The van der Waals surface area contributed by atoms with Crippen molar-refractivity contribution in [2.24, 2.45) is 0 Å². The molecule has 3 N–H and O–H groups in total. The number of ether oxygens (including phenoxy) is 2. The molecule has 6 nitrogen and oxygen atoms in total. The van der Waals surface area contributed by atoms with Crippen molar-refractivity contribution < 1.29 is 22.3 Å². The maximum Gasteiger partial charge on any atom is 0.243 e. The molecule has 1 aromatic carbocycles. The Labute approximate surface area is 125 Å². The van der Waals surface area contributed by atoms with E-state index < -0.39 is 26.8 Å². The van der Waals surface area contributed by atoms with Gasteiger partial charge in [-0.2, -0.15) is 0 Å². The fourth-order valence-corrected chi connectivity index (χ4v) is 2.90. The molecule has 20 heavy (non-hydrogen) atoms. The average molecular weight is 371 g/mol. The Morgan fingerprint density at radius 1 is 1.45 bits per heavy atom. The monoisotopic (exact) mass is 370 g/mol. The second-order valence-corrected chi connectivity index (χ2v) is 6.56. The molecule has 0 amide bonds. The van der Waals surface area contributed by atoms with Crippen LogP contribution in [0.25, 0.3) is 0 Å². The lowest BCUT2D eigenvalue weighted by molar-refractivity contribution is 0.0320. The summed E-state index contributed by atoms with van der Waals surface area (Å²) in [5.74, 6) is -0.890. The van der Waals surface area contributed by atoms with E-state index in [0.29, 0.717) is 4.47 Å². The molecular formula is C11H16BrFN2O4S. The summed E-state index contributed by atoms with van der Waals surface area (Å²) in [4.78, 5) is -0.509. The predicted octanol–water partition coefficient (Wildman–Crippen LogP) is 1.11. The summed E-state index contributed by atoms with van der Waals surface area (Å²) in [6.07, 6.45) is -0.467. The summed E-state index contributed by atoms with van der Waals surface area (Å²) in [6, 6.07) is 2.06. The van der Waals surface area contributed by atoms with Gasteiger partial charge in [0, 0.05) is 30.9 Å². The van der Waals surface area contributed by atoms with Crippen LogP contribution in [-0.2, 0) is 19.5 Å². The summed E-state index contributed by atoms with van der Waals surface area (Å²) in [5.41, 5.74) is 5.70. The van der Waals surface area contributed by atoms with Gasteiger partial charge >= 0.3 is 0 Å². The lowest BCUT2D eigenvalue weighted by Gasteiger charge is -2.15. The summed E-state index contributed by atoms with van der Waals surface area (Å²) in [6.45, 7) is 0.173. The highest BCUT2D eigenvalue weighted by molar-refractivity contribution is 9.10. The largest absolute Gasteiger partial charge is 0.398 e. The minimum atomic E-state index is -4.02. The molecule has 114 valence electrons. The van der Waals surface area contributed by atoms with Crippen LogP contribution in [0.3, 0.4) is 0 Å². The van der Waals surface area contributed by atoms with Gasteiger partial charge < -0.3 is 15.2 Å². The van der Waals surface area contributed by atoms with E-state index in [1.807, 2.05) is 0 Å². The molecule has 9 heteroatoms. The number of nitrogens with one attached hydrogen (secondary N) is 1. The molecule has 0 radical (unpaired) electrons. The second kappa shape index (κ2) is 7.32. The Morgan fingerprint density at radius 2 is 2.10 bits per heavy atom. The van der Waals surface area contributed by atoms with E-state index in [1.54, 1.807) is 0 Å². The van der Waals surface area contributed by atoms with E-state index in [-0.39, 0.29) is 18.8 Å². The van der Waals surface area contributed by atoms with Crippen molar-refractivity contribution in [1.82, 2.24) is 4.72 Å². The van der Waals surface area contributed by atoms with Crippen molar-refractivity contribution >= 4 is 31.6 Å². The van der Waals surface area contributed by atoms with E-state index in [0.717, 1.165) is 12.1 Å². The van der Waals surface area contributed by atoms with Crippen LogP contribution in [0, 0.1) is 5.82 Å². The Hall–Kier alpha value is -0.740. The van der Waals surface area contributed by atoms with Crippen molar-refractivity contribution in [2.45, 2.75) is 11.0 Å². The molecule has 0 saturated carbocycles. The summed E-state index contributed by atoms with van der Waals surface area (Å²) in [7, 11) is -1.12. The van der Waals surface area contributed by atoms with Crippen LogP contribution in [0.4, 0.5) is 10.1 Å². The van der Waals surface area contributed by atoms with Crippen LogP contribution >= 0.6 is 15.9 Å². The van der Waals surface area contributed by atoms with Gasteiger partial charge in [-0.05, 0) is 28.1 Å². The first kappa shape index (κ1) is 17.3. The average Bonchev–Trinajstić information content (AvgIpc) is 2.38. The topological polar surface area (TPSA) is 90.7 Å². The molecule has 0 bridgehead atoms. The second-order valence-electron chi connectivity index (χ2n) is 3.97. The van der Waals surface area contributed by atoms with Crippen molar-refractivity contribution in [3.05, 3.63) is 22.4 Å². The molecule has 0 saturated heterocycles. The van der Waals surface area contributed by atoms with E-state index in [9.17, 15) is 12.8 Å². The van der Waals surface area contributed by atoms with Crippen LogP contribution in [0.2, 0.25) is 0 Å². The summed E-state index contributed by atoms with van der Waals surface area (Å²) >= 11 is 3.02. The van der Waals surface area contributed by atoms with Gasteiger partial charge in [-0.25, -0.2) is 17.5 Å². The van der Waals surface area contributed by atoms with Gasteiger partial charge in [-0.1, -0.05) is 0 Å². The molecule has 0 aliphatic rings. The molecule has 0 aliphatic heterocycles. The first-order chi connectivity index (χ1) is 9.31. The number of benzene rings is 1. The number of hydrogen-bond acceptors (Lipinski definition) is 5. The van der Waals surface area contributed by atoms with Gasteiger partial charge in [0.2, 0.25) is 10.0 Å². The standard InChI is InChI=1S/C11H16BrFN2O4S/c1-18-6-7(19-2)5-15-20(16,17)11-4-10(14)8(12)3-9(11)13/h3-4,7,15H,5-6,14H2,1-2H3. The van der Waals surface area contributed by atoms with Crippen molar-refractivity contribution in [1.29, 1.82) is 0 Å². The van der Waals surface area contributed by atoms with Gasteiger partial charge in [0.25, 0.3) is 0 Å². The summed E-state index contributed by atoms with van der Waals surface area (Å²) < 4.78 is 50.2. The first-order valence-corrected chi connectivity index (χ1v) is 7.85. The molecule has 1 unspecified atom stereocenters. The van der Waals surface area contributed by atoms with Gasteiger partial charge in [0.15, 0.2) is 0 Å². The molecule has 0 spiro atoms. The zero-order valence-corrected chi connectivity index (χ0v) is 13.4. The lowest BCUT2D eigenvalue weighted by Crippen LogP contribution is -2.36. The third-order valence-electron chi connectivity index (χ3n) is 2.53. The van der Waals surface area contributed by atoms with Crippen LogP contribution in [-0.4, -0.2) is 41.9 Å². The summed E-state index contributed by atoms with van der Waals surface area (Å²) in [5, 5.41) is 0. The molecule has 0 aromatic heterocycles. The third kappa shape index (κ3) is 4.38. The number of nitrogen functional groups attached to an aromatic ring is 1. The molecule has 1 atom stereocenters. The Balaban J connectivity index is 2.92. The van der Waals surface area contributed by atoms with Crippen LogP contribution < -0.4 is 10.5 Å². The van der Waals surface area contributed by atoms with Gasteiger partial charge in [-0.3, -0.25) is 0 Å². The molecule has 0 aliphatic carbocycles. The highest BCUT2D eigenvalue weighted by atomic mass is 79.9. The highest BCUT2D eigenvalue weighted by Crippen LogP contribution is 2.25. The number of anilines is 1. The van der Waals surface area contributed by atoms with Gasteiger partial charge in [0.1, 0.15) is 10.7 Å². The zero-order valence-electron chi connectivity index (χ0n) is 11.0. The predicted molar refractivity (Wildman–Crippen MR) is 76.4 cm³/mol. The van der Waals surface area contributed by atoms with E-state index >= 15 is 0 Å². The minimum Gasteiger partial charge on any atom is -0.398 e. The van der Waals surface area contributed by atoms with E-state index in [1.165, 1.54) is 14.2 Å². The molecule has 1 rings (SSSR count). The SMILES string of the molecule is COCC(CNS(=O)(=O)c1cc(N)c(Br)cc1F)OC. The van der Waals surface area contributed by atoms with Crippen LogP contribution in [0.1, 0.15) is 0 Å². The van der Waals surface area contributed by atoms with Gasteiger partial charge in [0.05, 0.1) is 12.7 Å². The maximum absolute atomic E-state index is 13.7. The fraction of sp³-hybridized carbons (Fsp3) is 0.455. The molecule has 0 heterocycles. The maximum atomic E-state index is 13.7. The number of sulfonamides is 1. The van der Waals surface area contributed by atoms with Crippen LogP contribution in [0.15, 0.2) is 21.5 Å². The molecule has 1 aromatic rings. The number of hydrogen-bond donors (Lipinski definition) is 2. The van der Waals surface area contributed by atoms with Crippen molar-refractivity contribution in [3.63, 3.8) is 0 Å². The fourth-order valence-electron chi connectivity index (χ4n) is 1.43. The van der Waals surface area contributed by atoms with E-state index in [2.05, 4.69) is 20.7 Å². The zero-order chi connectivity index (χ0) is 15.3. The van der Waals surface area contributed by atoms with Gasteiger partial charge in [-0.15, -0.1) is 0 Å². The van der Waals surface area contributed by atoms with Crippen LogP contribution in [0.5, 0.6) is 0 Å². The minimum absolute atomic E-state index is 0.0396. The lowest BCUT2D eigenvalue weighted by atomic mass is 10.3.